The van der Waals surface area contributed by atoms with E-state index in [0.29, 0.717) is 28.2 Å². The smallest absolute Gasteiger partial charge is 0.162 e. The summed E-state index contributed by atoms with van der Waals surface area (Å²) in [6.45, 7) is 5.53. The summed E-state index contributed by atoms with van der Waals surface area (Å²) in [5.74, 6) is 1.35. The Morgan fingerprint density at radius 1 is 1.07 bits per heavy atom. The van der Waals surface area contributed by atoms with Gasteiger partial charge < -0.3 is 19.5 Å². The number of methoxy groups -OCH3 is 1. The molecule has 0 aromatic heterocycles. The van der Waals surface area contributed by atoms with E-state index in [1.807, 2.05) is 25.1 Å². The maximum Gasteiger partial charge on any atom is 0.162 e. The highest BCUT2D eigenvalue weighted by Crippen LogP contribution is 2.34. The Balaban J connectivity index is 1.96. The minimum absolute atomic E-state index is 0.370. The molecule has 1 N–H and O–H groups in total. The second-order valence-electron chi connectivity index (χ2n) is 5.86. The summed E-state index contributed by atoms with van der Waals surface area (Å²) in [6, 6.07) is 9.34. The van der Waals surface area contributed by atoms with Crippen molar-refractivity contribution in [1.82, 2.24) is 5.32 Å². The van der Waals surface area contributed by atoms with Gasteiger partial charge in [-0.2, -0.15) is 0 Å². The van der Waals surface area contributed by atoms with Crippen LogP contribution in [-0.4, -0.2) is 26.9 Å². The number of hydrogen-bond acceptors (Lipinski definition) is 4. The second-order valence-corrected chi connectivity index (χ2v) is 7.53. The molecule has 0 aliphatic carbocycles. The molecule has 0 radical (unpaired) electrons. The van der Waals surface area contributed by atoms with Gasteiger partial charge in [0.15, 0.2) is 11.5 Å². The van der Waals surface area contributed by atoms with Crippen LogP contribution in [0.3, 0.4) is 0 Å². The molecule has 0 fully saturated rings. The van der Waals surface area contributed by atoms with Crippen molar-refractivity contribution in [3.05, 3.63) is 56.0 Å². The normalized spacial score (nSPS) is 10.9. The molecule has 0 saturated heterocycles. The Hall–Kier alpha value is -0.980. The summed E-state index contributed by atoms with van der Waals surface area (Å²) in [5, 5.41) is 4.45. The van der Waals surface area contributed by atoms with Gasteiger partial charge >= 0.3 is 0 Å². The first kappa shape index (κ1) is 22.3. The summed E-state index contributed by atoms with van der Waals surface area (Å²) in [4.78, 5) is 0. The molecule has 0 aliphatic rings. The van der Waals surface area contributed by atoms with Crippen LogP contribution < -0.4 is 14.8 Å². The zero-order valence-corrected chi connectivity index (χ0v) is 18.6. The second kappa shape index (κ2) is 11.8. The van der Waals surface area contributed by atoms with Crippen LogP contribution in [0.4, 0.5) is 0 Å². The number of nitrogens with one attached hydrogen (secondary N) is 1. The first-order valence-electron chi connectivity index (χ1n) is 8.76. The molecule has 2 aromatic rings. The van der Waals surface area contributed by atoms with Crippen LogP contribution in [0.15, 0.2) is 34.8 Å². The van der Waals surface area contributed by atoms with Crippen LogP contribution >= 0.6 is 39.1 Å². The predicted molar refractivity (Wildman–Crippen MR) is 114 cm³/mol. The maximum atomic E-state index is 6.05. The van der Waals surface area contributed by atoms with Gasteiger partial charge in [0, 0.05) is 24.2 Å². The predicted octanol–water partition coefficient (Wildman–Crippen LogP) is 5.86. The van der Waals surface area contributed by atoms with Crippen molar-refractivity contribution < 1.29 is 14.2 Å². The Bertz CT molecular complexity index is 743. The molecule has 4 nitrogen and oxygen atoms in total. The first-order chi connectivity index (χ1) is 13.0. The van der Waals surface area contributed by atoms with Crippen LogP contribution in [0.25, 0.3) is 0 Å². The molecule has 0 aliphatic heterocycles. The molecule has 2 aromatic carbocycles. The monoisotopic (exact) mass is 475 g/mol. The van der Waals surface area contributed by atoms with Gasteiger partial charge in [-0.05, 0) is 55.3 Å². The van der Waals surface area contributed by atoms with E-state index in [-0.39, 0.29) is 0 Å². The van der Waals surface area contributed by atoms with E-state index in [1.54, 1.807) is 19.2 Å². The van der Waals surface area contributed by atoms with Crippen molar-refractivity contribution in [2.45, 2.75) is 26.5 Å². The average Bonchev–Trinajstić information content (AvgIpc) is 2.66. The molecule has 0 heterocycles. The van der Waals surface area contributed by atoms with Crippen LogP contribution in [-0.2, 0) is 17.9 Å². The quantitative estimate of drug-likeness (QED) is 0.412. The van der Waals surface area contributed by atoms with Crippen molar-refractivity contribution in [2.75, 3.05) is 26.9 Å². The Kier molecular flexibility index (Phi) is 9.73. The fourth-order valence-corrected chi connectivity index (χ4v) is 3.23. The van der Waals surface area contributed by atoms with E-state index < -0.39 is 0 Å². The van der Waals surface area contributed by atoms with E-state index >= 15 is 0 Å². The zero-order valence-electron chi connectivity index (χ0n) is 15.5. The van der Waals surface area contributed by atoms with E-state index in [2.05, 4.69) is 21.2 Å². The van der Waals surface area contributed by atoms with Gasteiger partial charge in [0.2, 0.25) is 0 Å². The van der Waals surface area contributed by atoms with Gasteiger partial charge in [0.25, 0.3) is 0 Å². The Labute approximate surface area is 179 Å². The summed E-state index contributed by atoms with van der Waals surface area (Å²) < 4.78 is 17.7. The fourth-order valence-electron chi connectivity index (χ4n) is 2.44. The van der Waals surface area contributed by atoms with Gasteiger partial charge in [0.1, 0.15) is 6.61 Å². The van der Waals surface area contributed by atoms with E-state index in [4.69, 9.17) is 37.4 Å². The maximum absolute atomic E-state index is 6.05. The van der Waals surface area contributed by atoms with E-state index in [9.17, 15) is 0 Å². The lowest BCUT2D eigenvalue weighted by Gasteiger charge is -2.15. The Morgan fingerprint density at radius 3 is 2.59 bits per heavy atom. The van der Waals surface area contributed by atoms with Crippen molar-refractivity contribution in [3.63, 3.8) is 0 Å². The lowest BCUT2D eigenvalue weighted by molar-refractivity contribution is 0.144. The SMILES string of the molecule is CCOCCCNCc1cc(OC)c(OCc2ccc(Cl)c(Cl)c2)cc1Br. The number of ether oxygens (including phenoxy) is 3. The number of rotatable bonds is 11. The van der Waals surface area contributed by atoms with Gasteiger partial charge in [0.05, 0.1) is 17.2 Å². The fraction of sp³-hybridized carbons (Fsp3) is 0.400. The molecule has 0 amide bonds. The minimum Gasteiger partial charge on any atom is -0.493 e. The molecule has 27 heavy (non-hydrogen) atoms. The average molecular weight is 477 g/mol. The van der Waals surface area contributed by atoms with Gasteiger partial charge in [-0.3, -0.25) is 0 Å². The van der Waals surface area contributed by atoms with Crippen molar-refractivity contribution in [2.24, 2.45) is 0 Å². The lowest BCUT2D eigenvalue weighted by atomic mass is 10.2. The molecule has 0 unspecified atom stereocenters. The molecular formula is C20H24BrCl2NO3. The van der Waals surface area contributed by atoms with E-state index in [1.165, 1.54) is 0 Å². The third-order valence-corrected chi connectivity index (χ3v) is 5.35. The molecule has 0 spiro atoms. The van der Waals surface area contributed by atoms with Crippen LogP contribution in [0.1, 0.15) is 24.5 Å². The van der Waals surface area contributed by atoms with Crippen LogP contribution in [0, 0.1) is 0 Å². The highest BCUT2D eigenvalue weighted by molar-refractivity contribution is 9.10. The van der Waals surface area contributed by atoms with Crippen molar-refractivity contribution in [1.29, 1.82) is 0 Å². The number of halogens is 3. The Morgan fingerprint density at radius 2 is 1.89 bits per heavy atom. The zero-order chi connectivity index (χ0) is 19.6. The lowest BCUT2D eigenvalue weighted by Crippen LogP contribution is -2.16. The van der Waals surface area contributed by atoms with Crippen LogP contribution in [0.2, 0.25) is 10.0 Å². The molecule has 0 bridgehead atoms. The first-order valence-corrected chi connectivity index (χ1v) is 10.3. The molecule has 148 valence electrons. The third-order valence-electron chi connectivity index (χ3n) is 3.87. The van der Waals surface area contributed by atoms with Gasteiger partial charge in [-0.1, -0.05) is 45.2 Å². The highest BCUT2D eigenvalue weighted by atomic mass is 79.9. The van der Waals surface area contributed by atoms with Crippen LogP contribution in [0.5, 0.6) is 11.5 Å². The van der Waals surface area contributed by atoms with Crippen molar-refractivity contribution >= 4 is 39.1 Å². The third kappa shape index (κ3) is 7.16. The molecule has 0 atom stereocenters. The van der Waals surface area contributed by atoms with Gasteiger partial charge in [-0.25, -0.2) is 0 Å². The highest BCUT2D eigenvalue weighted by Gasteiger charge is 2.11. The molecule has 0 saturated carbocycles. The van der Waals surface area contributed by atoms with Gasteiger partial charge in [-0.15, -0.1) is 0 Å². The number of hydrogen-bond donors (Lipinski definition) is 1. The standard InChI is InChI=1S/C20H24BrCl2NO3/c1-3-26-8-4-7-24-12-15-10-19(25-2)20(11-16(15)21)27-13-14-5-6-17(22)18(23)9-14/h5-6,9-11,24H,3-4,7-8,12-13H2,1-2H3. The number of benzene rings is 2. The van der Waals surface area contributed by atoms with E-state index in [0.717, 1.165) is 48.3 Å². The summed E-state index contributed by atoms with van der Waals surface area (Å²) in [7, 11) is 1.63. The molecular weight excluding hydrogens is 453 g/mol. The topological polar surface area (TPSA) is 39.7 Å². The largest absolute Gasteiger partial charge is 0.493 e. The summed E-state index contributed by atoms with van der Waals surface area (Å²) >= 11 is 15.6. The van der Waals surface area contributed by atoms with Crippen molar-refractivity contribution in [3.8, 4) is 11.5 Å². The minimum atomic E-state index is 0.370. The molecule has 7 heteroatoms. The molecule has 2 rings (SSSR count). The summed E-state index contributed by atoms with van der Waals surface area (Å²) in [5.41, 5.74) is 2.03. The summed E-state index contributed by atoms with van der Waals surface area (Å²) in [6.07, 6.45) is 0.980.